The molecule has 3 nitrogen and oxygen atoms in total. The van der Waals surface area contributed by atoms with Crippen molar-refractivity contribution in [2.45, 2.75) is 0 Å². The van der Waals surface area contributed by atoms with Gasteiger partial charge in [-0.2, -0.15) is 0 Å². The highest BCUT2D eigenvalue weighted by atomic mass is 35.5. The minimum atomic E-state index is -0.428. The molecule has 0 aliphatic rings. The van der Waals surface area contributed by atoms with E-state index in [9.17, 15) is 4.39 Å². The van der Waals surface area contributed by atoms with Crippen LogP contribution in [0.1, 0.15) is 0 Å². The quantitative estimate of drug-likeness (QED) is 0.791. The van der Waals surface area contributed by atoms with Gasteiger partial charge in [-0.3, -0.25) is 0 Å². The molecule has 72 valence electrons. The Morgan fingerprint density at radius 3 is 2.64 bits per heavy atom. The van der Waals surface area contributed by atoms with Crippen LogP contribution in [0.3, 0.4) is 0 Å². The van der Waals surface area contributed by atoms with Gasteiger partial charge in [-0.1, -0.05) is 16.8 Å². The molecule has 0 unspecified atom stereocenters. The normalized spacial score (nSPS) is 10.4. The van der Waals surface area contributed by atoms with E-state index in [1.807, 2.05) is 0 Å². The molecule has 0 atom stereocenters. The second-order valence-corrected chi connectivity index (χ2v) is 3.21. The summed E-state index contributed by atoms with van der Waals surface area (Å²) >= 11 is 5.67. The number of hydrogen-bond donors (Lipinski definition) is 1. The second kappa shape index (κ2) is 3.31. The highest BCUT2D eigenvalue weighted by Crippen LogP contribution is 2.25. The predicted molar refractivity (Wildman–Crippen MR) is 51.3 cm³/mol. The van der Waals surface area contributed by atoms with Crippen molar-refractivity contribution in [3.63, 3.8) is 0 Å². The smallest absolute Gasteiger partial charge is 0.169 e. The van der Waals surface area contributed by atoms with Crippen molar-refractivity contribution in [2.24, 2.45) is 0 Å². The third kappa shape index (κ3) is 1.70. The summed E-state index contributed by atoms with van der Waals surface area (Å²) in [7, 11) is 0. The highest BCUT2D eigenvalue weighted by Gasteiger charge is 2.07. The third-order valence-corrected chi connectivity index (χ3v) is 1.89. The lowest BCUT2D eigenvalue weighted by Crippen LogP contribution is -1.80. The molecule has 2 aromatic rings. The maximum Gasteiger partial charge on any atom is 0.169 e. The van der Waals surface area contributed by atoms with E-state index in [-0.39, 0.29) is 5.82 Å². The zero-order valence-electron chi connectivity index (χ0n) is 7.00. The van der Waals surface area contributed by atoms with Gasteiger partial charge >= 0.3 is 0 Å². The number of nitrogens with two attached hydrogens (primary N) is 1. The Balaban J connectivity index is 2.51. The molecule has 14 heavy (non-hydrogen) atoms. The van der Waals surface area contributed by atoms with Gasteiger partial charge in [-0.05, 0) is 18.2 Å². The molecule has 0 saturated heterocycles. The van der Waals surface area contributed by atoms with Crippen molar-refractivity contribution >= 4 is 17.4 Å². The molecule has 0 aliphatic heterocycles. The van der Waals surface area contributed by atoms with Crippen LogP contribution >= 0.6 is 11.6 Å². The van der Waals surface area contributed by atoms with Gasteiger partial charge in [0.25, 0.3) is 0 Å². The first-order valence-electron chi connectivity index (χ1n) is 3.84. The SMILES string of the molecule is Nc1cc(-c2cc(F)cc(Cl)c2)on1. The highest BCUT2D eigenvalue weighted by molar-refractivity contribution is 6.30. The van der Waals surface area contributed by atoms with E-state index in [0.717, 1.165) is 0 Å². The van der Waals surface area contributed by atoms with Crippen molar-refractivity contribution in [2.75, 3.05) is 5.73 Å². The molecule has 0 spiro atoms. The minimum absolute atomic E-state index is 0.250. The Bertz CT molecular complexity index is 449. The number of rotatable bonds is 1. The van der Waals surface area contributed by atoms with Crippen molar-refractivity contribution < 1.29 is 8.91 Å². The molecule has 1 aromatic heterocycles. The van der Waals surface area contributed by atoms with Crippen LogP contribution in [0.2, 0.25) is 5.02 Å². The summed E-state index contributed by atoms with van der Waals surface area (Å²) in [5, 5.41) is 3.79. The summed E-state index contributed by atoms with van der Waals surface area (Å²) in [4.78, 5) is 0. The topological polar surface area (TPSA) is 52.0 Å². The lowest BCUT2D eigenvalue weighted by Gasteiger charge is -1.96. The van der Waals surface area contributed by atoms with E-state index in [0.29, 0.717) is 16.3 Å². The van der Waals surface area contributed by atoms with E-state index >= 15 is 0 Å². The Morgan fingerprint density at radius 1 is 1.29 bits per heavy atom. The predicted octanol–water partition coefficient (Wildman–Crippen LogP) is 2.72. The maximum absolute atomic E-state index is 12.9. The molecule has 5 heteroatoms. The van der Waals surface area contributed by atoms with Crippen molar-refractivity contribution in [3.05, 3.63) is 35.1 Å². The average Bonchev–Trinajstić information content (AvgIpc) is 2.50. The molecular formula is C9H6ClFN2O. The van der Waals surface area contributed by atoms with Crippen LogP contribution in [0.5, 0.6) is 0 Å². The summed E-state index contributed by atoms with van der Waals surface area (Å²) in [6, 6.07) is 5.59. The average molecular weight is 213 g/mol. The van der Waals surface area contributed by atoms with Crippen LogP contribution in [0.15, 0.2) is 28.8 Å². The number of benzene rings is 1. The number of aromatic nitrogens is 1. The van der Waals surface area contributed by atoms with Crippen LogP contribution in [0.4, 0.5) is 10.2 Å². The molecule has 1 heterocycles. The van der Waals surface area contributed by atoms with E-state index in [1.54, 1.807) is 6.07 Å². The van der Waals surface area contributed by atoms with E-state index in [4.69, 9.17) is 21.9 Å². The van der Waals surface area contributed by atoms with Gasteiger partial charge in [0.2, 0.25) is 0 Å². The van der Waals surface area contributed by atoms with Gasteiger partial charge in [0.05, 0.1) is 0 Å². The summed E-state index contributed by atoms with van der Waals surface area (Å²) in [6.45, 7) is 0. The number of nitrogen functional groups attached to an aromatic ring is 1. The van der Waals surface area contributed by atoms with E-state index in [2.05, 4.69) is 5.16 Å². The van der Waals surface area contributed by atoms with Gasteiger partial charge in [-0.15, -0.1) is 0 Å². The first kappa shape index (κ1) is 9.02. The van der Waals surface area contributed by atoms with Gasteiger partial charge in [0.15, 0.2) is 11.6 Å². The van der Waals surface area contributed by atoms with Crippen LogP contribution in [0, 0.1) is 5.82 Å². The second-order valence-electron chi connectivity index (χ2n) is 2.77. The Labute approximate surface area is 84.3 Å². The number of halogens is 2. The fourth-order valence-electron chi connectivity index (χ4n) is 1.12. The first-order chi connectivity index (χ1) is 6.65. The number of anilines is 1. The molecule has 0 amide bonds. The standard InChI is InChI=1S/C9H6ClFN2O/c10-6-1-5(2-7(11)3-6)8-4-9(12)13-14-8/h1-4H,(H2,12,13). The zero-order valence-corrected chi connectivity index (χ0v) is 7.75. The van der Waals surface area contributed by atoms with Gasteiger partial charge in [0, 0.05) is 16.7 Å². The zero-order chi connectivity index (χ0) is 10.1. The van der Waals surface area contributed by atoms with Crippen LogP contribution in [-0.4, -0.2) is 5.16 Å². The molecule has 1 aromatic carbocycles. The summed E-state index contributed by atoms with van der Waals surface area (Å²) < 4.78 is 17.8. The monoisotopic (exact) mass is 212 g/mol. The number of hydrogen-bond acceptors (Lipinski definition) is 3. The van der Waals surface area contributed by atoms with Gasteiger partial charge in [-0.25, -0.2) is 4.39 Å². The summed E-state index contributed by atoms with van der Waals surface area (Å²) in [5.74, 6) is 0.215. The van der Waals surface area contributed by atoms with Crippen molar-refractivity contribution in [3.8, 4) is 11.3 Å². The molecular weight excluding hydrogens is 207 g/mol. The fourth-order valence-corrected chi connectivity index (χ4v) is 1.34. The molecule has 0 radical (unpaired) electrons. The Hall–Kier alpha value is -1.55. The summed E-state index contributed by atoms with van der Waals surface area (Å²) in [6.07, 6.45) is 0. The fraction of sp³-hybridized carbons (Fsp3) is 0. The minimum Gasteiger partial charge on any atom is -0.381 e. The van der Waals surface area contributed by atoms with Crippen LogP contribution in [-0.2, 0) is 0 Å². The van der Waals surface area contributed by atoms with Gasteiger partial charge < -0.3 is 10.3 Å². The largest absolute Gasteiger partial charge is 0.381 e. The van der Waals surface area contributed by atoms with Crippen LogP contribution < -0.4 is 5.73 Å². The lowest BCUT2D eigenvalue weighted by atomic mass is 10.2. The lowest BCUT2D eigenvalue weighted by molar-refractivity contribution is 0.435. The Morgan fingerprint density at radius 2 is 2.07 bits per heavy atom. The molecule has 2 N–H and O–H groups in total. The van der Waals surface area contributed by atoms with Crippen LogP contribution in [0.25, 0.3) is 11.3 Å². The Kier molecular flexibility index (Phi) is 2.13. The van der Waals surface area contributed by atoms with E-state index in [1.165, 1.54) is 18.2 Å². The van der Waals surface area contributed by atoms with Gasteiger partial charge in [0.1, 0.15) is 5.82 Å². The third-order valence-electron chi connectivity index (χ3n) is 1.68. The molecule has 0 fully saturated rings. The summed E-state index contributed by atoms with van der Waals surface area (Å²) in [5.41, 5.74) is 5.87. The molecule has 2 rings (SSSR count). The molecule has 0 aliphatic carbocycles. The van der Waals surface area contributed by atoms with E-state index < -0.39 is 5.82 Å². The van der Waals surface area contributed by atoms with Crippen molar-refractivity contribution in [1.82, 2.24) is 5.16 Å². The molecule has 0 bridgehead atoms. The number of nitrogens with zero attached hydrogens (tertiary/aromatic N) is 1. The maximum atomic E-state index is 12.9. The molecule has 0 saturated carbocycles. The first-order valence-corrected chi connectivity index (χ1v) is 4.21. The van der Waals surface area contributed by atoms with Crippen molar-refractivity contribution in [1.29, 1.82) is 0 Å².